The minimum Gasteiger partial charge on any atom is -0.493 e. The van der Waals surface area contributed by atoms with E-state index >= 15 is 0 Å². The van der Waals surface area contributed by atoms with Crippen LogP contribution in [0.2, 0.25) is 15.1 Å². The summed E-state index contributed by atoms with van der Waals surface area (Å²) in [6.07, 6.45) is 3.72. The first-order valence-corrected chi connectivity index (χ1v) is 18.3. The standard InChI is InChI=1S/C37H29Cl3N2O5S2/c1-4-46-36(44)31-32(22-8-6-5-7-9-22)41-37-42(33(31)23-11-14-26(48-3)15-12-23)35(43)30(49-37)18-21-16-28(40)34(29(17-21)45-2)47-20-24-10-13-25(38)19-27(24)39/h5-19,33H,4,20H2,1-3H3/b30-18-/t33-/m1/s1. The Hall–Kier alpha value is -3.99. The molecule has 1 atom stereocenters. The van der Waals surface area contributed by atoms with E-state index in [0.29, 0.717) is 42.1 Å². The molecule has 49 heavy (non-hydrogen) atoms. The van der Waals surface area contributed by atoms with Gasteiger partial charge in [0.2, 0.25) is 0 Å². The Morgan fingerprint density at radius 3 is 2.43 bits per heavy atom. The fourth-order valence-electron chi connectivity index (χ4n) is 5.45. The Balaban J connectivity index is 1.48. The lowest BCUT2D eigenvalue weighted by atomic mass is 9.93. The van der Waals surface area contributed by atoms with Crippen molar-refractivity contribution in [3.05, 3.63) is 148 Å². The van der Waals surface area contributed by atoms with Crippen molar-refractivity contribution < 1.29 is 19.0 Å². The summed E-state index contributed by atoms with van der Waals surface area (Å²) in [5.41, 5.74) is 3.25. The number of benzene rings is 4. The first-order valence-electron chi connectivity index (χ1n) is 15.1. The summed E-state index contributed by atoms with van der Waals surface area (Å²) in [7, 11) is 1.51. The highest BCUT2D eigenvalue weighted by molar-refractivity contribution is 7.98. The van der Waals surface area contributed by atoms with Gasteiger partial charge in [0.05, 0.1) is 40.6 Å². The Morgan fingerprint density at radius 1 is 1.00 bits per heavy atom. The van der Waals surface area contributed by atoms with Gasteiger partial charge in [-0.2, -0.15) is 0 Å². The van der Waals surface area contributed by atoms with Crippen LogP contribution in [0.4, 0.5) is 0 Å². The fraction of sp³-hybridized carbons (Fsp3) is 0.162. The predicted octanol–water partition coefficient (Wildman–Crippen LogP) is 8.21. The molecular weight excluding hydrogens is 723 g/mol. The zero-order chi connectivity index (χ0) is 34.7. The summed E-state index contributed by atoms with van der Waals surface area (Å²) in [6.45, 7) is 2.05. The van der Waals surface area contributed by atoms with Gasteiger partial charge in [-0.15, -0.1) is 11.8 Å². The molecule has 1 aromatic heterocycles. The van der Waals surface area contributed by atoms with Crippen LogP contribution in [0.1, 0.15) is 35.2 Å². The molecule has 0 unspecified atom stereocenters. The van der Waals surface area contributed by atoms with E-state index in [-0.39, 0.29) is 29.4 Å². The van der Waals surface area contributed by atoms with Gasteiger partial charge in [-0.1, -0.05) is 94.7 Å². The number of thiazole rings is 1. The molecule has 1 aliphatic heterocycles. The third-order valence-corrected chi connectivity index (χ3v) is 10.3. The smallest absolute Gasteiger partial charge is 0.338 e. The van der Waals surface area contributed by atoms with Crippen molar-refractivity contribution in [3.8, 4) is 11.5 Å². The van der Waals surface area contributed by atoms with Crippen LogP contribution in [0, 0.1) is 0 Å². The highest BCUT2D eigenvalue weighted by atomic mass is 35.5. The van der Waals surface area contributed by atoms with Gasteiger partial charge in [0.1, 0.15) is 6.61 Å². The van der Waals surface area contributed by atoms with E-state index in [9.17, 15) is 9.59 Å². The number of hydrogen-bond acceptors (Lipinski definition) is 8. The van der Waals surface area contributed by atoms with E-state index in [1.165, 1.54) is 18.4 Å². The molecule has 0 fully saturated rings. The zero-order valence-corrected chi connectivity index (χ0v) is 30.4. The molecular formula is C37H29Cl3N2O5S2. The largest absolute Gasteiger partial charge is 0.493 e. The molecule has 0 saturated carbocycles. The highest BCUT2D eigenvalue weighted by Gasteiger charge is 2.35. The van der Waals surface area contributed by atoms with Gasteiger partial charge in [0, 0.05) is 26.1 Å². The van der Waals surface area contributed by atoms with Crippen LogP contribution in [0.3, 0.4) is 0 Å². The average molecular weight is 752 g/mol. The van der Waals surface area contributed by atoms with Crippen LogP contribution in [-0.4, -0.2) is 30.5 Å². The number of halogens is 3. The lowest BCUT2D eigenvalue weighted by molar-refractivity contribution is -0.138. The number of carbonyl (C=O) groups is 1. The number of aromatic nitrogens is 1. The number of thioether (sulfide) groups is 1. The second kappa shape index (κ2) is 15.3. The first-order chi connectivity index (χ1) is 23.7. The number of nitrogens with zero attached hydrogens (tertiary/aromatic N) is 2. The summed E-state index contributed by atoms with van der Waals surface area (Å²) >= 11 is 21.9. The SMILES string of the molecule is CCOC(=O)C1=C(c2ccccc2)N=c2s/c(=C\c3cc(Cl)c(OCc4ccc(Cl)cc4Cl)c(OC)c3)c(=O)n2[C@@H]1c1ccc(SC)cc1. The minimum atomic E-state index is -0.780. The Labute approximate surface area is 306 Å². The number of ether oxygens (including phenoxy) is 3. The monoisotopic (exact) mass is 750 g/mol. The van der Waals surface area contributed by atoms with E-state index in [2.05, 4.69) is 0 Å². The normalized spacial score (nSPS) is 14.3. The molecule has 7 nitrogen and oxygen atoms in total. The molecule has 0 radical (unpaired) electrons. The van der Waals surface area contributed by atoms with Crippen molar-refractivity contribution >= 4 is 75.6 Å². The molecule has 250 valence electrons. The second-order valence-corrected chi connectivity index (χ2v) is 13.9. The summed E-state index contributed by atoms with van der Waals surface area (Å²) in [5, 5.41) is 1.27. The van der Waals surface area contributed by atoms with Crippen LogP contribution in [0.25, 0.3) is 11.8 Å². The van der Waals surface area contributed by atoms with Crippen LogP contribution < -0.4 is 24.4 Å². The third kappa shape index (κ3) is 7.32. The number of hydrogen-bond donors (Lipinski definition) is 0. The van der Waals surface area contributed by atoms with E-state index in [1.54, 1.807) is 59.7 Å². The Bertz CT molecular complexity index is 2250. The first kappa shape index (κ1) is 34.9. The average Bonchev–Trinajstić information content (AvgIpc) is 3.41. The molecule has 0 amide bonds. The maximum Gasteiger partial charge on any atom is 0.338 e. The van der Waals surface area contributed by atoms with Crippen molar-refractivity contribution in [1.82, 2.24) is 4.57 Å². The molecule has 0 spiro atoms. The second-order valence-electron chi connectivity index (χ2n) is 10.8. The quantitative estimate of drug-likeness (QED) is 0.106. The molecule has 2 heterocycles. The number of fused-ring (bicyclic) bond motifs is 1. The van der Waals surface area contributed by atoms with Crippen LogP contribution in [0.15, 0.2) is 105 Å². The van der Waals surface area contributed by atoms with Gasteiger partial charge in [-0.3, -0.25) is 9.36 Å². The van der Waals surface area contributed by atoms with Gasteiger partial charge >= 0.3 is 5.97 Å². The predicted molar refractivity (Wildman–Crippen MR) is 198 cm³/mol. The van der Waals surface area contributed by atoms with Gasteiger partial charge in [-0.25, -0.2) is 9.79 Å². The topological polar surface area (TPSA) is 79.1 Å². The third-order valence-electron chi connectivity index (χ3n) is 7.74. The Morgan fingerprint density at radius 2 is 1.76 bits per heavy atom. The maximum absolute atomic E-state index is 14.3. The van der Waals surface area contributed by atoms with Gasteiger partial charge in [-0.05, 0) is 66.8 Å². The number of rotatable bonds is 10. The molecule has 5 aromatic rings. The molecule has 6 rings (SSSR count). The minimum absolute atomic E-state index is 0.133. The van der Waals surface area contributed by atoms with Crippen LogP contribution in [0.5, 0.6) is 11.5 Å². The summed E-state index contributed by atoms with van der Waals surface area (Å²) in [6, 6.07) is 25.0. The lowest BCUT2D eigenvalue weighted by Gasteiger charge is -2.26. The van der Waals surface area contributed by atoms with Crippen LogP contribution >= 0.6 is 57.9 Å². The van der Waals surface area contributed by atoms with E-state index in [1.807, 2.05) is 60.9 Å². The highest BCUT2D eigenvalue weighted by Crippen LogP contribution is 2.38. The van der Waals surface area contributed by atoms with Crippen molar-refractivity contribution in [1.29, 1.82) is 0 Å². The van der Waals surface area contributed by atoms with E-state index in [0.717, 1.165) is 21.6 Å². The number of carbonyl (C=O) groups excluding carboxylic acids is 1. The van der Waals surface area contributed by atoms with Crippen molar-refractivity contribution in [2.24, 2.45) is 4.99 Å². The van der Waals surface area contributed by atoms with E-state index in [4.69, 9.17) is 54.0 Å². The van der Waals surface area contributed by atoms with Gasteiger partial charge in [0.15, 0.2) is 16.3 Å². The molecule has 0 N–H and O–H groups in total. The molecule has 1 aliphatic rings. The molecule has 12 heteroatoms. The summed E-state index contributed by atoms with van der Waals surface area (Å²) in [5.74, 6) is 0.165. The molecule has 4 aromatic carbocycles. The molecule has 0 bridgehead atoms. The summed E-state index contributed by atoms with van der Waals surface area (Å²) < 4.78 is 19.2. The fourth-order valence-corrected chi connectivity index (χ4v) is 7.59. The van der Waals surface area contributed by atoms with Crippen LogP contribution in [-0.2, 0) is 16.1 Å². The summed E-state index contributed by atoms with van der Waals surface area (Å²) in [4.78, 5) is 34.4. The number of methoxy groups -OCH3 is 1. The van der Waals surface area contributed by atoms with E-state index < -0.39 is 12.0 Å². The van der Waals surface area contributed by atoms with Gasteiger partial charge in [0.25, 0.3) is 5.56 Å². The number of esters is 1. The lowest BCUT2D eigenvalue weighted by Crippen LogP contribution is -2.40. The van der Waals surface area contributed by atoms with Crippen molar-refractivity contribution in [2.45, 2.75) is 24.5 Å². The maximum atomic E-state index is 14.3. The zero-order valence-electron chi connectivity index (χ0n) is 26.5. The molecule has 0 aliphatic carbocycles. The van der Waals surface area contributed by atoms with Crippen molar-refractivity contribution in [2.75, 3.05) is 20.0 Å². The van der Waals surface area contributed by atoms with Crippen molar-refractivity contribution in [3.63, 3.8) is 0 Å². The van der Waals surface area contributed by atoms with Gasteiger partial charge < -0.3 is 14.2 Å². The molecule has 0 saturated heterocycles. The Kier molecular flexibility index (Phi) is 10.9.